The third kappa shape index (κ3) is 4.08. The fourth-order valence-corrected chi connectivity index (χ4v) is 4.13. The van der Waals surface area contributed by atoms with Gasteiger partial charge in [0.15, 0.2) is 6.61 Å². The van der Waals surface area contributed by atoms with E-state index in [-0.39, 0.29) is 30.2 Å². The number of nitrogens with one attached hydrogen (secondary N) is 1. The molecule has 0 spiro atoms. The summed E-state index contributed by atoms with van der Waals surface area (Å²) in [6.45, 7) is 0.554. The largest absolute Gasteiger partial charge is 0.484 e. The molecule has 25 heavy (non-hydrogen) atoms. The number of hydrogen-bond acceptors (Lipinski definition) is 3. The summed E-state index contributed by atoms with van der Waals surface area (Å²) in [5.74, 6) is 0.602. The molecule has 1 aromatic carbocycles. The molecule has 138 valence electrons. The van der Waals surface area contributed by atoms with Crippen LogP contribution in [0, 0.1) is 24.7 Å². The SMILES string of the molecule is Cc1ccc(CNC(=O)C2C3CCC(C3)C2N)c(OCC(F)(F)F)c1. The maximum absolute atomic E-state index is 12.5. The summed E-state index contributed by atoms with van der Waals surface area (Å²) in [4.78, 5) is 12.5. The van der Waals surface area contributed by atoms with Crippen molar-refractivity contribution in [3.05, 3.63) is 29.3 Å². The first-order valence-electron chi connectivity index (χ1n) is 8.57. The van der Waals surface area contributed by atoms with E-state index in [4.69, 9.17) is 10.5 Å². The van der Waals surface area contributed by atoms with E-state index in [1.54, 1.807) is 25.1 Å². The number of carbonyl (C=O) groups excluding carboxylic acids is 1. The van der Waals surface area contributed by atoms with Crippen molar-refractivity contribution >= 4 is 5.91 Å². The first-order chi connectivity index (χ1) is 11.7. The Morgan fingerprint density at radius 1 is 1.32 bits per heavy atom. The van der Waals surface area contributed by atoms with Gasteiger partial charge in [-0.3, -0.25) is 4.79 Å². The normalized spacial score (nSPS) is 28.2. The second kappa shape index (κ2) is 6.86. The van der Waals surface area contributed by atoms with Gasteiger partial charge in [0.25, 0.3) is 0 Å². The molecule has 2 aliphatic carbocycles. The summed E-state index contributed by atoms with van der Waals surface area (Å²) >= 11 is 0. The fraction of sp³-hybridized carbons (Fsp3) is 0.611. The number of nitrogens with two attached hydrogens (primary N) is 1. The monoisotopic (exact) mass is 356 g/mol. The summed E-state index contributed by atoms with van der Waals surface area (Å²) in [5.41, 5.74) is 7.49. The lowest BCUT2D eigenvalue weighted by atomic mass is 9.84. The molecule has 1 aromatic rings. The standard InChI is InChI=1S/C18H23F3N2O2/c1-10-2-3-13(14(6-10)25-9-18(19,20)21)8-23-17(24)15-11-4-5-12(7-11)16(15)22/h2-3,6,11-12,15-16H,4-5,7-9,22H2,1H3,(H,23,24). The van der Waals surface area contributed by atoms with E-state index in [0.29, 0.717) is 17.4 Å². The highest BCUT2D eigenvalue weighted by molar-refractivity contribution is 5.80. The van der Waals surface area contributed by atoms with Gasteiger partial charge in [0.05, 0.1) is 5.92 Å². The van der Waals surface area contributed by atoms with Crippen molar-refractivity contribution < 1.29 is 22.7 Å². The Balaban J connectivity index is 1.63. The van der Waals surface area contributed by atoms with Gasteiger partial charge < -0.3 is 15.8 Å². The highest BCUT2D eigenvalue weighted by Crippen LogP contribution is 2.47. The number of rotatable bonds is 5. The Morgan fingerprint density at radius 3 is 2.68 bits per heavy atom. The first-order valence-corrected chi connectivity index (χ1v) is 8.57. The average molecular weight is 356 g/mol. The minimum atomic E-state index is -4.40. The van der Waals surface area contributed by atoms with Gasteiger partial charge in [0.2, 0.25) is 5.91 Å². The van der Waals surface area contributed by atoms with E-state index in [9.17, 15) is 18.0 Å². The number of alkyl halides is 3. The Kier molecular flexibility index (Phi) is 4.95. The molecule has 7 heteroatoms. The molecule has 0 heterocycles. The maximum atomic E-state index is 12.5. The molecule has 3 N–H and O–H groups in total. The molecule has 2 saturated carbocycles. The predicted octanol–water partition coefficient (Wildman–Crippen LogP) is 2.93. The van der Waals surface area contributed by atoms with Crippen LogP contribution < -0.4 is 15.8 Å². The van der Waals surface area contributed by atoms with Gasteiger partial charge in [0.1, 0.15) is 5.75 Å². The van der Waals surface area contributed by atoms with Crippen molar-refractivity contribution in [3.63, 3.8) is 0 Å². The van der Waals surface area contributed by atoms with Crippen LogP contribution in [0.2, 0.25) is 0 Å². The molecule has 0 saturated heterocycles. The minimum absolute atomic E-state index is 0.109. The summed E-state index contributed by atoms with van der Waals surface area (Å²) in [5, 5.41) is 2.83. The summed E-state index contributed by atoms with van der Waals surface area (Å²) in [6, 6.07) is 4.90. The molecule has 0 radical (unpaired) electrons. The van der Waals surface area contributed by atoms with Crippen LogP contribution in [0.5, 0.6) is 5.75 Å². The third-order valence-corrected chi connectivity index (χ3v) is 5.35. The van der Waals surface area contributed by atoms with Crippen molar-refractivity contribution in [1.82, 2.24) is 5.32 Å². The number of benzene rings is 1. The quantitative estimate of drug-likeness (QED) is 0.853. The van der Waals surface area contributed by atoms with Crippen LogP contribution in [0.3, 0.4) is 0 Å². The summed E-state index contributed by atoms with van der Waals surface area (Å²) in [7, 11) is 0. The molecule has 2 aliphatic rings. The molecule has 0 aliphatic heterocycles. The van der Waals surface area contributed by atoms with Crippen molar-refractivity contribution in [2.75, 3.05) is 6.61 Å². The van der Waals surface area contributed by atoms with Crippen LogP contribution >= 0.6 is 0 Å². The first kappa shape index (κ1) is 18.0. The number of carbonyl (C=O) groups is 1. The Labute approximate surface area is 144 Å². The van der Waals surface area contributed by atoms with Crippen LogP contribution in [0.4, 0.5) is 13.2 Å². The average Bonchev–Trinajstić information content (AvgIpc) is 3.12. The zero-order valence-corrected chi connectivity index (χ0v) is 14.1. The van der Waals surface area contributed by atoms with Gasteiger partial charge in [0, 0.05) is 18.2 Å². The van der Waals surface area contributed by atoms with Crippen molar-refractivity contribution in [3.8, 4) is 5.75 Å². The fourth-order valence-electron chi connectivity index (χ4n) is 4.13. The predicted molar refractivity (Wildman–Crippen MR) is 86.9 cm³/mol. The number of aryl methyl sites for hydroxylation is 1. The lowest BCUT2D eigenvalue weighted by Gasteiger charge is -2.27. The molecule has 4 nitrogen and oxygen atoms in total. The third-order valence-electron chi connectivity index (χ3n) is 5.35. The van der Waals surface area contributed by atoms with Gasteiger partial charge in [-0.1, -0.05) is 12.1 Å². The van der Waals surface area contributed by atoms with Gasteiger partial charge in [-0.2, -0.15) is 13.2 Å². The van der Waals surface area contributed by atoms with Crippen LogP contribution in [0.15, 0.2) is 18.2 Å². The van der Waals surface area contributed by atoms with E-state index >= 15 is 0 Å². The van der Waals surface area contributed by atoms with Crippen molar-refractivity contribution in [1.29, 1.82) is 0 Å². The summed E-state index contributed by atoms with van der Waals surface area (Å²) in [6.07, 6.45) is -1.28. The molecule has 0 aromatic heterocycles. The zero-order valence-electron chi connectivity index (χ0n) is 14.1. The second-order valence-electron chi connectivity index (χ2n) is 7.17. The summed E-state index contributed by atoms with van der Waals surface area (Å²) < 4.78 is 42.1. The molecule has 4 atom stereocenters. The molecule has 4 unspecified atom stereocenters. The molecule has 3 rings (SSSR count). The minimum Gasteiger partial charge on any atom is -0.484 e. The molecular formula is C18H23F3N2O2. The zero-order chi connectivity index (χ0) is 18.2. The number of ether oxygens (including phenoxy) is 1. The van der Waals surface area contributed by atoms with Gasteiger partial charge >= 0.3 is 6.18 Å². The Morgan fingerprint density at radius 2 is 2.04 bits per heavy atom. The Bertz CT molecular complexity index is 646. The maximum Gasteiger partial charge on any atom is 0.422 e. The van der Waals surface area contributed by atoms with Crippen LogP contribution in [-0.4, -0.2) is 24.7 Å². The van der Waals surface area contributed by atoms with Crippen LogP contribution in [0.25, 0.3) is 0 Å². The number of fused-ring (bicyclic) bond motifs is 2. The lowest BCUT2D eigenvalue weighted by Crippen LogP contribution is -2.45. The van der Waals surface area contributed by atoms with Crippen molar-refractivity contribution in [2.24, 2.45) is 23.5 Å². The lowest BCUT2D eigenvalue weighted by molar-refractivity contribution is -0.153. The Hall–Kier alpha value is -1.76. The number of amides is 1. The number of halogens is 3. The van der Waals surface area contributed by atoms with Crippen LogP contribution in [0.1, 0.15) is 30.4 Å². The van der Waals surface area contributed by atoms with E-state index in [1.165, 1.54) is 0 Å². The highest BCUT2D eigenvalue weighted by atomic mass is 19.4. The number of hydrogen-bond donors (Lipinski definition) is 2. The van der Waals surface area contributed by atoms with Gasteiger partial charge in [-0.25, -0.2) is 0 Å². The molecule has 2 fully saturated rings. The highest BCUT2D eigenvalue weighted by Gasteiger charge is 2.48. The van der Waals surface area contributed by atoms with E-state index in [0.717, 1.165) is 24.8 Å². The molecule has 2 bridgehead atoms. The molecular weight excluding hydrogens is 333 g/mol. The molecule has 1 amide bonds. The van der Waals surface area contributed by atoms with E-state index in [2.05, 4.69) is 5.32 Å². The smallest absolute Gasteiger partial charge is 0.422 e. The van der Waals surface area contributed by atoms with Gasteiger partial charge in [-0.05, 0) is 49.7 Å². The van der Waals surface area contributed by atoms with Crippen LogP contribution in [-0.2, 0) is 11.3 Å². The van der Waals surface area contributed by atoms with Gasteiger partial charge in [-0.15, -0.1) is 0 Å². The van der Waals surface area contributed by atoms with E-state index in [1.807, 2.05) is 0 Å². The van der Waals surface area contributed by atoms with E-state index < -0.39 is 12.8 Å². The topological polar surface area (TPSA) is 64.4 Å². The van der Waals surface area contributed by atoms with Crippen molar-refractivity contribution in [2.45, 2.75) is 44.9 Å². The second-order valence-corrected chi connectivity index (χ2v) is 7.17.